The molecule has 1 heterocycles. The largest absolute Gasteiger partial charge is 0.372 e. The Labute approximate surface area is 90.9 Å². The number of nitrogens with zero attached hydrogens (tertiary/aromatic N) is 1. The highest BCUT2D eigenvalue weighted by molar-refractivity contribution is 8.00. The Morgan fingerprint density at radius 2 is 2.21 bits per heavy atom. The van der Waals surface area contributed by atoms with Crippen LogP contribution in [-0.4, -0.2) is 29.9 Å². The summed E-state index contributed by atoms with van der Waals surface area (Å²) in [5, 5.41) is 3.54. The number of nitrogens with one attached hydrogen (secondary N) is 1. The third-order valence-electron chi connectivity index (χ3n) is 3.44. The molecular formula is C11H20N2S. The molecule has 0 amide bonds. The Hall–Kier alpha value is -0.180. The second-order valence-corrected chi connectivity index (χ2v) is 5.65. The van der Waals surface area contributed by atoms with Crippen LogP contribution in [0.3, 0.4) is 0 Å². The van der Waals surface area contributed by atoms with E-state index in [1.807, 2.05) is 11.8 Å². The van der Waals surface area contributed by atoms with Crippen LogP contribution in [0.5, 0.6) is 0 Å². The second kappa shape index (κ2) is 4.56. The number of thioether (sulfide) groups is 1. The third-order valence-corrected chi connectivity index (χ3v) is 4.86. The van der Waals surface area contributed by atoms with Gasteiger partial charge in [-0.2, -0.15) is 11.8 Å². The van der Waals surface area contributed by atoms with Crippen molar-refractivity contribution in [1.29, 1.82) is 0 Å². The van der Waals surface area contributed by atoms with E-state index >= 15 is 0 Å². The highest BCUT2D eigenvalue weighted by Crippen LogP contribution is 2.42. The molecule has 1 aliphatic carbocycles. The first-order chi connectivity index (χ1) is 6.85. The topological polar surface area (TPSA) is 24.4 Å². The number of amidine groups is 1. The fourth-order valence-electron chi connectivity index (χ4n) is 2.13. The van der Waals surface area contributed by atoms with Crippen molar-refractivity contribution in [3.63, 3.8) is 0 Å². The monoisotopic (exact) mass is 212 g/mol. The van der Waals surface area contributed by atoms with Gasteiger partial charge in [0.1, 0.15) is 0 Å². The lowest BCUT2D eigenvalue weighted by molar-refractivity contribution is 0.360. The van der Waals surface area contributed by atoms with Crippen molar-refractivity contribution in [2.75, 3.05) is 19.3 Å². The molecule has 2 aliphatic rings. The Morgan fingerprint density at radius 1 is 1.36 bits per heavy atom. The number of hydrogen-bond donors (Lipinski definition) is 1. The Balaban J connectivity index is 1.78. The first kappa shape index (κ1) is 10.3. The van der Waals surface area contributed by atoms with Gasteiger partial charge in [-0.25, -0.2) is 0 Å². The van der Waals surface area contributed by atoms with Gasteiger partial charge >= 0.3 is 0 Å². The lowest BCUT2D eigenvalue weighted by Crippen LogP contribution is -2.45. The SMILES string of the molecule is CSC1(CNC2=NCCCC2)CCC1. The summed E-state index contributed by atoms with van der Waals surface area (Å²) < 4.78 is 0.542. The summed E-state index contributed by atoms with van der Waals surface area (Å²) in [6, 6.07) is 0. The molecule has 0 spiro atoms. The summed E-state index contributed by atoms with van der Waals surface area (Å²) in [4.78, 5) is 4.52. The van der Waals surface area contributed by atoms with Crippen molar-refractivity contribution < 1.29 is 0 Å². The van der Waals surface area contributed by atoms with Gasteiger partial charge in [-0.3, -0.25) is 4.99 Å². The van der Waals surface area contributed by atoms with Crippen LogP contribution >= 0.6 is 11.8 Å². The first-order valence-electron chi connectivity index (χ1n) is 5.67. The van der Waals surface area contributed by atoms with Crippen LogP contribution in [0.4, 0.5) is 0 Å². The van der Waals surface area contributed by atoms with E-state index in [4.69, 9.17) is 0 Å². The van der Waals surface area contributed by atoms with Gasteiger partial charge in [0.05, 0.1) is 5.84 Å². The molecule has 0 saturated heterocycles. The molecule has 0 aromatic heterocycles. The van der Waals surface area contributed by atoms with Crippen LogP contribution in [0.2, 0.25) is 0 Å². The highest BCUT2D eigenvalue weighted by Gasteiger charge is 2.35. The quantitative estimate of drug-likeness (QED) is 0.777. The van der Waals surface area contributed by atoms with E-state index < -0.39 is 0 Å². The van der Waals surface area contributed by atoms with Gasteiger partial charge in [0.2, 0.25) is 0 Å². The summed E-state index contributed by atoms with van der Waals surface area (Å²) in [6.45, 7) is 2.17. The number of aliphatic imine (C=N–C) groups is 1. The normalized spacial score (nSPS) is 25.1. The van der Waals surface area contributed by atoms with Gasteiger partial charge in [-0.05, 0) is 31.9 Å². The number of hydrogen-bond acceptors (Lipinski definition) is 3. The third kappa shape index (κ3) is 2.25. The maximum absolute atomic E-state index is 4.52. The van der Waals surface area contributed by atoms with Gasteiger partial charge in [-0.1, -0.05) is 6.42 Å². The predicted octanol–water partition coefficient (Wildman–Crippen LogP) is 2.44. The van der Waals surface area contributed by atoms with Crippen molar-refractivity contribution in [3.8, 4) is 0 Å². The molecule has 1 fully saturated rings. The second-order valence-electron chi connectivity index (χ2n) is 4.38. The predicted molar refractivity (Wildman–Crippen MR) is 64.3 cm³/mol. The zero-order valence-corrected chi connectivity index (χ0v) is 9.83. The average molecular weight is 212 g/mol. The molecule has 2 rings (SSSR count). The van der Waals surface area contributed by atoms with Gasteiger partial charge < -0.3 is 5.32 Å². The maximum Gasteiger partial charge on any atom is 0.0963 e. The lowest BCUT2D eigenvalue weighted by atomic mass is 9.84. The van der Waals surface area contributed by atoms with E-state index in [0.717, 1.165) is 13.1 Å². The van der Waals surface area contributed by atoms with Crippen LogP contribution in [0.15, 0.2) is 4.99 Å². The van der Waals surface area contributed by atoms with Crippen molar-refractivity contribution in [1.82, 2.24) is 5.32 Å². The van der Waals surface area contributed by atoms with Crippen molar-refractivity contribution in [2.24, 2.45) is 4.99 Å². The Kier molecular flexibility index (Phi) is 3.37. The van der Waals surface area contributed by atoms with Crippen LogP contribution in [0.25, 0.3) is 0 Å². The summed E-state index contributed by atoms with van der Waals surface area (Å²) in [5.74, 6) is 1.26. The van der Waals surface area contributed by atoms with Crippen molar-refractivity contribution in [2.45, 2.75) is 43.3 Å². The molecular weight excluding hydrogens is 192 g/mol. The van der Waals surface area contributed by atoms with E-state index in [9.17, 15) is 0 Å². The fourth-order valence-corrected chi connectivity index (χ4v) is 3.04. The van der Waals surface area contributed by atoms with Crippen LogP contribution < -0.4 is 5.32 Å². The van der Waals surface area contributed by atoms with E-state index in [1.165, 1.54) is 44.4 Å². The highest BCUT2D eigenvalue weighted by atomic mass is 32.2. The molecule has 0 radical (unpaired) electrons. The summed E-state index contributed by atoms with van der Waals surface area (Å²) in [6.07, 6.45) is 10.2. The Morgan fingerprint density at radius 3 is 2.71 bits per heavy atom. The minimum Gasteiger partial charge on any atom is -0.372 e. The van der Waals surface area contributed by atoms with E-state index in [1.54, 1.807) is 0 Å². The molecule has 1 aliphatic heterocycles. The molecule has 1 saturated carbocycles. The maximum atomic E-state index is 4.52. The molecule has 0 atom stereocenters. The zero-order valence-electron chi connectivity index (χ0n) is 9.01. The molecule has 1 N–H and O–H groups in total. The fraction of sp³-hybridized carbons (Fsp3) is 0.909. The Bertz CT molecular complexity index is 216. The molecule has 2 nitrogen and oxygen atoms in total. The standard InChI is InChI=1S/C11H20N2S/c1-14-11(6-4-7-11)9-13-10-5-2-3-8-12-10/h2-9H2,1H3,(H,12,13). The molecule has 0 aromatic rings. The van der Waals surface area contributed by atoms with Crippen molar-refractivity contribution >= 4 is 17.6 Å². The smallest absolute Gasteiger partial charge is 0.0963 e. The summed E-state index contributed by atoms with van der Waals surface area (Å²) >= 11 is 2.03. The van der Waals surface area contributed by atoms with Gasteiger partial charge in [0.25, 0.3) is 0 Å². The molecule has 0 bridgehead atoms. The van der Waals surface area contributed by atoms with Gasteiger partial charge in [-0.15, -0.1) is 0 Å². The minimum atomic E-state index is 0.542. The molecule has 14 heavy (non-hydrogen) atoms. The van der Waals surface area contributed by atoms with Crippen LogP contribution in [0, 0.1) is 0 Å². The van der Waals surface area contributed by atoms with Crippen LogP contribution in [0.1, 0.15) is 38.5 Å². The molecule has 0 aromatic carbocycles. The van der Waals surface area contributed by atoms with Crippen LogP contribution in [-0.2, 0) is 0 Å². The summed E-state index contributed by atoms with van der Waals surface area (Å²) in [7, 11) is 0. The average Bonchev–Trinajstić information content (AvgIpc) is 2.19. The van der Waals surface area contributed by atoms with Crippen molar-refractivity contribution in [3.05, 3.63) is 0 Å². The zero-order chi connectivity index (χ0) is 9.86. The van der Waals surface area contributed by atoms with E-state index in [2.05, 4.69) is 16.6 Å². The molecule has 0 unspecified atom stereocenters. The minimum absolute atomic E-state index is 0.542. The number of rotatable bonds is 3. The summed E-state index contributed by atoms with van der Waals surface area (Å²) in [5.41, 5.74) is 0. The van der Waals surface area contributed by atoms with Gasteiger partial charge in [0.15, 0.2) is 0 Å². The lowest BCUT2D eigenvalue weighted by Gasteiger charge is -2.41. The van der Waals surface area contributed by atoms with E-state index in [-0.39, 0.29) is 0 Å². The molecule has 3 heteroatoms. The molecule has 80 valence electrons. The van der Waals surface area contributed by atoms with E-state index in [0.29, 0.717) is 4.75 Å². The van der Waals surface area contributed by atoms with Gasteiger partial charge in [0, 0.05) is 24.3 Å². The first-order valence-corrected chi connectivity index (χ1v) is 6.89.